The summed E-state index contributed by atoms with van der Waals surface area (Å²) in [5.74, 6) is -2.38. The highest BCUT2D eigenvalue weighted by Gasteiger charge is 2.41. The molecule has 10 heteroatoms. The normalized spacial score (nSPS) is 23.3. The summed E-state index contributed by atoms with van der Waals surface area (Å²) < 4.78 is 54.7. The first-order valence-corrected chi connectivity index (χ1v) is 9.64. The molecule has 0 spiro atoms. The van der Waals surface area contributed by atoms with E-state index in [1.54, 1.807) is 12.1 Å². The molecule has 1 fully saturated rings. The van der Waals surface area contributed by atoms with Gasteiger partial charge in [0.25, 0.3) is 10.2 Å². The van der Waals surface area contributed by atoms with E-state index in [4.69, 9.17) is 0 Å². The molecule has 3 rings (SSSR count). The molecule has 0 saturated carbocycles. The Hall–Kier alpha value is -1.88. The Kier molecular flexibility index (Phi) is 4.87. The molecule has 2 heterocycles. The highest BCUT2D eigenvalue weighted by Crippen LogP contribution is 2.31. The van der Waals surface area contributed by atoms with Crippen LogP contribution in [0.1, 0.15) is 17.3 Å². The summed E-state index contributed by atoms with van der Waals surface area (Å²) in [5.41, 5.74) is -0.205. The van der Waals surface area contributed by atoms with Gasteiger partial charge in [-0.3, -0.25) is 4.79 Å². The molecule has 2 aromatic rings. The Morgan fingerprint density at radius 1 is 1.36 bits per heavy atom. The number of carbonyl (C=O) groups is 1. The van der Waals surface area contributed by atoms with Crippen LogP contribution in [0.2, 0.25) is 0 Å². The van der Waals surface area contributed by atoms with Crippen LogP contribution in [0.4, 0.5) is 14.5 Å². The first kappa shape index (κ1) is 17.9. The molecule has 1 aliphatic heterocycles. The Morgan fingerprint density at radius 2 is 2.12 bits per heavy atom. The first-order valence-electron chi connectivity index (χ1n) is 7.32. The number of halogens is 2. The summed E-state index contributed by atoms with van der Waals surface area (Å²) in [6, 6.07) is 4.74. The third kappa shape index (κ3) is 3.71. The lowest BCUT2D eigenvalue weighted by Crippen LogP contribution is -2.55. The molecule has 1 aromatic carbocycles. The molecule has 6 nitrogen and oxygen atoms in total. The SMILES string of the molecule is CN1[C@H](C(=O)Nc2ccc(F)cc2F)C[C@@H](c2cccs2)NS1(=O)=O. The molecule has 1 aliphatic rings. The number of hydrogen-bond acceptors (Lipinski definition) is 4. The van der Waals surface area contributed by atoms with Crippen molar-refractivity contribution in [1.82, 2.24) is 9.03 Å². The van der Waals surface area contributed by atoms with E-state index in [9.17, 15) is 22.0 Å². The molecule has 0 bridgehead atoms. The zero-order valence-electron chi connectivity index (χ0n) is 13.1. The summed E-state index contributed by atoms with van der Waals surface area (Å²) in [6.07, 6.45) is 0.185. The van der Waals surface area contributed by atoms with Crippen molar-refractivity contribution in [2.75, 3.05) is 12.4 Å². The molecule has 0 aliphatic carbocycles. The summed E-state index contributed by atoms with van der Waals surface area (Å²) >= 11 is 1.37. The maximum atomic E-state index is 13.7. The zero-order chi connectivity index (χ0) is 18.2. The Balaban J connectivity index is 1.84. The quantitative estimate of drug-likeness (QED) is 0.848. The predicted molar refractivity (Wildman–Crippen MR) is 90.3 cm³/mol. The lowest BCUT2D eigenvalue weighted by atomic mass is 10.1. The molecule has 1 aromatic heterocycles. The molecular weight excluding hydrogens is 372 g/mol. The van der Waals surface area contributed by atoms with E-state index < -0.39 is 39.8 Å². The van der Waals surface area contributed by atoms with Gasteiger partial charge in [0, 0.05) is 18.0 Å². The predicted octanol–water partition coefficient (Wildman–Crippen LogP) is 2.24. The van der Waals surface area contributed by atoms with E-state index in [2.05, 4.69) is 10.0 Å². The number of anilines is 1. The fourth-order valence-electron chi connectivity index (χ4n) is 2.59. The van der Waals surface area contributed by atoms with E-state index in [1.165, 1.54) is 18.4 Å². The maximum absolute atomic E-state index is 13.7. The monoisotopic (exact) mass is 387 g/mol. The van der Waals surface area contributed by atoms with Gasteiger partial charge >= 0.3 is 0 Å². The smallest absolute Gasteiger partial charge is 0.280 e. The average molecular weight is 387 g/mol. The number of thiophene rings is 1. The average Bonchev–Trinajstić information content (AvgIpc) is 3.07. The molecule has 2 atom stereocenters. The van der Waals surface area contributed by atoms with Gasteiger partial charge in [0.2, 0.25) is 5.91 Å². The number of hydrogen-bond donors (Lipinski definition) is 2. The topological polar surface area (TPSA) is 78.5 Å². The lowest BCUT2D eigenvalue weighted by molar-refractivity contribution is -0.120. The van der Waals surface area contributed by atoms with Crippen molar-refractivity contribution < 1.29 is 22.0 Å². The van der Waals surface area contributed by atoms with Gasteiger partial charge in [0.1, 0.15) is 17.7 Å². The van der Waals surface area contributed by atoms with Crippen LogP contribution in [0.3, 0.4) is 0 Å². The van der Waals surface area contributed by atoms with Gasteiger partial charge in [-0.25, -0.2) is 8.78 Å². The number of amides is 1. The van der Waals surface area contributed by atoms with Crippen LogP contribution in [-0.2, 0) is 15.0 Å². The molecule has 1 saturated heterocycles. The summed E-state index contributed by atoms with van der Waals surface area (Å²) in [7, 11) is -2.59. The van der Waals surface area contributed by atoms with Crippen molar-refractivity contribution in [2.45, 2.75) is 18.5 Å². The highest BCUT2D eigenvalue weighted by molar-refractivity contribution is 7.87. The van der Waals surface area contributed by atoms with Gasteiger partial charge in [0.05, 0.1) is 11.7 Å². The molecule has 25 heavy (non-hydrogen) atoms. The minimum absolute atomic E-state index is 0.185. The van der Waals surface area contributed by atoms with Crippen LogP contribution < -0.4 is 10.0 Å². The second-order valence-corrected chi connectivity index (χ2v) is 8.31. The fourth-order valence-corrected chi connectivity index (χ4v) is 4.72. The number of nitrogens with one attached hydrogen (secondary N) is 2. The van der Waals surface area contributed by atoms with Crippen molar-refractivity contribution in [3.8, 4) is 0 Å². The van der Waals surface area contributed by atoms with E-state index in [0.717, 1.165) is 21.3 Å². The van der Waals surface area contributed by atoms with Crippen LogP contribution in [0.25, 0.3) is 0 Å². The second-order valence-electron chi connectivity index (χ2n) is 5.57. The van der Waals surface area contributed by atoms with Crippen LogP contribution >= 0.6 is 11.3 Å². The lowest BCUT2D eigenvalue weighted by Gasteiger charge is -2.35. The Morgan fingerprint density at radius 3 is 2.76 bits per heavy atom. The fraction of sp³-hybridized carbons (Fsp3) is 0.267. The molecule has 1 amide bonds. The molecule has 0 unspecified atom stereocenters. The number of carbonyl (C=O) groups excluding carboxylic acids is 1. The van der Waals surface area contributed by atoms with Gasteiger partial charge in [-0.15, -0.1) is 11.3 Å². The summed E-state index contributed by atoms with van der Waals surface area (Å²) in [4.78, 5) is 13.3. The van der Waals surface area contributed by atoms with Crippen LogP contribution in [-0.4, -0.2) is 31.7 Å². The van der Waals surface area contributed by atoms with Crippen molar-refractivity contribution in [2.24, 2.45) is 0 Å². The molecular formula is C15H15F2N3O3S2. The largest absolute Gasteiger partial charge is 0.322 e. The third-order valence-electron chi connectivity index (χ3n) is 3.95. The number of benzene rings is 1. The maximum Gasteiger partial charge on any atom is 0.280 e. The van der Waals surface area contributed by atoms with E-state index in [0.29, 0.717) is 6.07 Å². The standard InChI is InChI=1S/C15H15F2N3O3S2/c1-20-13(15(21)18-11-5-4-9(16)7-10(11)17)8-12(19-25(20,22)23)14-3-2-6-24-14/h2-7,12-13,19H,8H2,1H3,(H,18,21)/t12-,13-/m0/s1. The number of rotatable bonds is 3. The highest BCUT2D eigenvalue weighted by atomic mass is 32.2. The van der Waals surface area contributed by atoms with Crippen molar-refractivity contribution >= 4 is 33.1 Å². The summed E-state index contributed by atoms with van der Waals surface area (Å²) in [5, 5.41) is 4.14. The molecule has 2 N–H and O–H groups in total. The van der Waals surface area contributed by atoms with Gasteiger partial charge < -0.3 is 5.32 Å². The van der Waals surface area contributed by atoms with Crippen molar-refractivity contribution in [3.05, 3.63) is 52.2 Å². The zero-order valence-corrected chi connectivity index (χ0v) is 14.7. The second kappa shape index (κ2) is 6.79. The van der Waals surface area contributed by atoms with E-state index in [-0.39, 0.29) is 12.1 Å². The number of nitrogens with zero attached hydrogens (tertiary/aromatic N) is 1. The third-order valence-corrected chi connectivity index (χ3v) is 6.53. The number of likely N-dealkylation sites (N-methyl/N-ethyl adjacent to an activating group) is 1. The molecule has 134 valence electrons. The van der Waals surface area contributed by atoms with Crippen molar-refractivity contribution in [1.29, 1.82) is 0 Å². The van der Waals surface area contributed by atoms with Crippen LogP contribution in [0, 0.1) is 11.6 Å². The van der Waals surface area contributed by atoms with Crippen LogP contribution in [0.15, 0.2) is 35.7 Å². The van der Waals surface area contributed by atoms with Gasteiger partial charge in [-0.1, -0.05) is 6.07 Å². The van der Waals surface area contributed by atoms with Crippen molar-refractivity contribution in [3.63, 3.8) is 0 Å². The van der Waals surface area contributed by atoms with Crippen LogP contribution in [0.5, 0.6) is 0 Å². The van der Waals surface area contributed by atoms with Gasteiger partial charge in [-0.05, 0) is 30.0 Å². The summed E-state index contributed by atoms with van der Waals surface area (Å²) in [6.45, 7) is 0. The minimum atomic E-state index is -3.86. The Bertz CT molecular complexity index is 887. The first-order chi connectivity index (χ1) is 11.8. The van der Waals surface area contributed by atoms with Gasteiger partial charge in [-0.2, -0.15) is 17.4 Å². The minimum Gasteiger partial charge on any atom is -0.322 e. The van der Waals surface area contributed by atoms with E-state index in [1.807, 2.05) is 5.38 Å². The van der Waals surface area contributed by atoms with Gasteiger partial charge in [0.15, 0.2) is 0 Å². The van der Waals surface area contributed by atoms with E-state index >= 15 is 0 Å². The Labute approximate surface area is 147 Å². The molecule has 0 radical (unpaired) electrons.